The van der Waals surface area contributed by atoms with Crippen LogP contribution in [-0.4, -0.2) is 24.5 Å². The number of carbonyl (C=O) groups is 3. The molecule has 1 heterocycles. The molecule has 1 saturated heterocycles. The summed E-state index contributed by atoms with van der Waals surface area (Å²) in [7, 11) is 0. The topological polar surface area (TPSA) is 84.9 Å². The van der Waals surface area contributed by atoms with Crippen molar-refractivity contribution in [3.8, 4) is 11.5 Å². The zero-order chi connectivity index (χ0) is 25.8. The van der Waals surface area contributed by atoms with Gasteiger partial charge in [-0.3, -0.25) is 14.9 Å². The summed E-state index contributed by atoms with van der Waals surface area (Å²) in [6.45, 7) is 6.43. The molecule has 4 rings (SSSR count). The molecule has 4 amide bonds. The summed E-state index contributed by atoms with van der Waals surface area (Å²) in [4.78, 5) is 39.5. The van der Waals surface area contributed by atoms with E-state index in [-0.39, 0.29) is 5.57 Å². The molecular weight excluding hydrogens is 524 g/mol. The minimum absolute atomic E-state index is 0.172. The predicted molar refractivity (Wildman–Crippen MR) is 141 cm³/mol. The average Bonchev–Trinajstić information content (AvgIpc) is 2.85. The zero-order valence-corrected chi connectivity index (χ0v) is 21.7. The second kappa shape index (κ2) is 10.8. The number of hydrogen-bond acceptors (Lipinski definition) is 5. The van der Waals surface area contributed by atoms with Gasteiger partial charge >= 0.3 is 6.03 Å². The quantitative estimate of drug-likeness (QED) is 0.302. The molecular formula is C28H25BrN2O5. The third kappa shape index (κ3) is 5.33. The molecule has 36 heavy (non-hydrogen) atoms. The average molecular weight is 549 g/mol. The minimum Gasteiger partial charge on any atom is -0.490 e. The highest BCUT2D eigenvalue weighted by Crippen LogP contribution is 2.36. The van der Waals surface area contributed by atoms with Crippen molar-refractivity contribution in [2.45, 2.75) is 27.4 Å². The first-order valence-electron chi connectivity index (χ1n) is 11.4. The lowest BCUT2D eigenvalue weighted by atomic mass is 10.0. The smallest absolute Gasteiger partial charge is 0.335 e. The first kappa shape index (κ1) is 25.2. The van der Waals surface area contributed by atoms with E-state index in [0.29, 0.717) is 40.4 Å². The highest BCUT2D eigenvalue weighted by atomic mass is 79.9. The van der Waals surface area contributed by atoms with Crippen molar-refractivity contribution >= 4 is 45.5 Å². The highest BCUT2D eigenvalue weighted by molar-refractivity contribution is 9.10. The van der Waals surface area contributed by atoms with Crippen molar-refractivity contribution in [3.63, 3.8) is 0 Å². The third-order valence-electron chi connectivity index (χ3n) is 5.75. The van der Waals surface area contributed by atoms with Gasteiger partial charge in [0.1, 0.15) is 12.2 Å². The van der Waals surface area contributed by atoms with Gasteiger partial charge in [-0.25, -0.2) is 9.69 Å². The Bertz CT molecular complexity index is 1370. The molecule has 1 N–H and O–H groups in total. The van der Waals surface area contributed by atoms with Crippen molar-refractivity contribution in [2.75, 3.05) is 11.5 Å². The van der Waals surface area contributed by atoms with Crippen molar-refractivity contribution in [3.05, 3.63) is 93.0 Å². The largest absolute Gasteiger partial charge is 0.490 e. The lowest BCUT2D eigenvalue weighted by Gasteiger charge is -2.27. The Morgan fingerprint density at radius 1 is 0.917 bits per heavy atom. The van der Waals surface area contributed by atoms with E-state index in [1.807, 2.05) is 57.2 Å². The van der Waals surface area contributed by atoms with Gasteiger partial charge in [0.05, 0.1) is 12.3 Å². The van der Waals surface area contributed by atoms with Crippen LogP contribution in [0.2, 0.25) is 0 Å². The minimum atomic E-state index is -0.788. The second-order valence-corrected chi connectivity index (χ2v) is 9.11. The molecule has 0 atom stereocenters. The van der Waals surface area contributed by atoms with Gasteiger partial charge in [-0.1, -0.05) is 52.3 Å². The highest BCUT2D eigenvalue weighted by Gasteiger charge is 2.37. The molecule has 1 fully saturated rings. The number of urea groups is 1. The fourth-order valence-corrected chi connectivity index (χ4v) is 4.13. The third-order valence-corrected chi connectivity index (χ3v) is 6.44. The van der Waals surface area contributed by atoms with Crippen LogP contribution in [0.4, 0.5) is 10.5 Å². The molecule has 0 unspecified atom stereocenters. The number of rotatable bonds is 7. The molecule has 0 aliphatic carbocycles. The Hall–Kier alpha value is -3.91. The predicted octanol–water partition coefficient (Wildman–Crippen LogP) is 5.71. The zero-order valence-electron chi connectivity index (χ0n) is 20.1. The first-order valence-corrected chi connectivity index (χ1v) is 12.2. The Labute approximate surface area is 217 Å². The molecule has 0 radical (unpaired) electrons. The maximum absolute atomic E-state index is 13.3. The number of hydrogen-bond donors (Lipinski definition) is 1. The summed E-state index contributed by atoms with van der Waals surface area (Å²) in [6.07, 6.45) is 1.44. The van der Waals surface area contributed by atoms with E-state index in [1.165, 1.54) is 6.08 Å². The van der Waals surface area contributed by atoms with E-state index in [0.717, 1.165) is 21.6 Å². The Kier molecular flexibility index (Phi) is 7.55. The number of nitrogens with one attached hydrogen (secondary N) is 1. The summed E-state index contributed by atoms with van der Waals surface area (Å²) in [5, 5.41) is 2.26. The number of amides is 4. The monoisotopic (exact) mass is 548 g/mol. The number of halogens is 1. The van der Waals surface area contributed by atoms with Crippen LogP contribution in [0, 0.1) is 13.8 Å². The van der Waals surface area contributed by atoms with Crippen LogP contribution < -0.4 is 19.7 Å². The first-order chi connectivity index (χ1) is 17.3. The van der Waals surface area contributed by atoms with Gasteiger partial charge in [-0.2, -0.15) is 0 Å². The van der Waals surface area contributed by atoms with Gasteiger partial charge in [0.2, 0.25) is 0 Å². The SMILES string of the molecule is CCOc1cc(/C=C2\C(=O)NC(=O)N(c3ccc(C)c(C)c3)C2=O)c(Br)cc1OCc1ccccc1. The number of anilines is 1. The molecule has 7 nitrogen and oxygen atoms in total. The van der Waals surface area contributed by atoms with Gasteiger partial charge in [0.25, 0.3) is 11.8 Å². The summed E-state index contributed by atoms with van der Waals surface area (Å²) >= 11 is 3.51. The van der Waals surface area contributed by atoms with E-state index in [1.54, 1.807) is 24.3 Å². The summed E-state index contributed by atoms with van der Waals surface area (Å²) < 4.78 is 12.3. The summed E-state index contributed by atoms with van der Waals surface area (Å²) in [5.74, 6) is -0.490. The molecule has 3 aromatic rings. The number of aryl methyl sites for hydroxylation is 2. The number of benzene rings is 3. The number of carbonyl (C=O) groups excluding carboxylic acids is 3. The second-order valence-electron chi connectivity index (χ2n) is 8.25. The Morgan fingerprint density at radius 2 is 1.64 bits per heavy atom. The maximum Gasteiger partial charge on any atom is 0.335 e. The van der Waals surface area contributed by atoms with E-state index < -0.39 is 17.8 Å². The van der Waals surface area contributed by atoms with Gasteiger partial charge in [0, 0.05) is 4.47 Å². The van der Waals surface area contributed by atoms with E-state index in [2.05, 4.69) is 21.2 Å². The summed E-state index contributed by atoms with van der Waals surface area (Å²) in [6, 6.07) is 17.6. The molecule has 1 aliphatic heterocycles. The fourth-order valence-electron chi connectivity index (χ4n) is 3.69. The van der Waals surface area contributed by atoms with Gasteiger partial charge in [-0.05, 0) is 73.4 Å². The van der Waals surface area contributed by atoms with Crippen molar-refractivity contribution in [2.24, 2.45) is 0 Å². The van der Waals surface area contributed by atoms with Crippen LogP contribution in [0.1, 0.15) is 29.2 Å². The van der Waals surface area contributed by atoms with Crippen molar-refractivity contribution in [1.29, 1.82) is 0 Å². The Balaban J connectivity index is 1.67. The fraction of sp³-hybridized carbons (Fsp3) is 0.179. The van der Waals surface area contributed by atoms with E-state index in [4.69, 9.17) is 9.47 Å². The van der Waals surface area contributed by atoms with Crippen LogP contribution in [0.25, 0.3) is 6.08 Å². The normalized spacial score (nSPS) is 14.7. The lowest BCUT2D eigenvalue weighted by Crippen LogP contribution is -2.54. The van der Waals surface area contributed by atoms with Crippen molar-refractivity contribution in [1.82, 2.24) is 5.32 Å². The molecule has 0 aromatic heterocycles. The van der Waals surface area contributed by atoms with Crippen LogP contribution in [0.3, 0.4) is 0 Å². The molecule has 184 valence electrons. The van der Waals surface area contributed by atoms with E-state index >= 15 is 0 Å². The Morgan fingerprint density at radius 3 is 2.33 bits per heavy atom. The standard InChI is InChI=1S/C28H25BrN2O5/c1-4-35-24-14-20(23(29)15-25(24)36-16-19-8-6-5-7-9-19)13-22-26(32)30-28(34)31(27(22)33)21-11-10-17(2)18(3)12-21/h5-15H,4,16H2,1-3H3,(H,30,32,34)/b22-13+. The van der Waals surface area contributed by atoms with Crippen molar-refractivity contribution < 1.29 is 23.9 Å². The van der Waals surface area contributed by atoms with Crippen LogP contribution in [0.15, 0.2) is 70.7 Å². The molecule has 0 spiro atoms. The number of imide groups is 2. The van der Waals surface area contributed by atoms with Gasteiger partial charge in [0.15, 0.2) is 11.5 Å². The van der Waals surface area contributed by atoms with Gasteiger partial charge in [-0.15, -0.1) is 0 Å². The van der Waals surface area contributed by atoms with Gasteiger partial charge < -0.3 is 9.47 Å². The molecule has 0 bridgehead atoms. The molecule has 8 heteroatoms. The molecule has 0 saturated carbocycles. The summed E-state index contributed by atoms with van der Waals surface area (Å²) in [5.41, 5.74) is 3.69. The van der Waals surface area contributed by atoms with Crippen LogP contribution >= 0.6 is 15.9 Å². The number of nitrogens with zero attached hydrogens (tertiary/aromatic N) is 1. The number of ether oxygens (including phenoxy) is 2. The molecule has 1 aliphatic rings. The number of barbiturate groups is 1. The lowest BCUT2D eigenvalue weighted by molar-refractivity contribution is -0.122. The van der Waals surface area contributed by atoms with Crippen LogP contribution in [-0.2, 0) is 16.2 Å². The molecule has 3 aromatic carbocycles. The van der Waals surface area contributed by atoms with Crippen LogP contribution in [0.5, 0.6) is 11.5 Å². The van der Waals surface area contributed by atoms with E-state index in [9.17, 15) is 14.4 Å². The maximum atomic E-state index is 13.3.